The lowest BCUT2D eigenvalue weighted by Gasteiger charge is -2.21. The number of piperidine rings is 1. The number of hydrogen-bond acceptors (Lipinski definition) is 2. The van der Waals surface area contributed by atoms with Crippen molar-refractivity contribution >= 4 is 5.91 Å². The fourth-order valence-electron chi connectivity index (χ4n) is 2.22. The van der Waals surface area contributed by atoms with Crippen molar-refractivity contribution in [2.45, 2.75) is 25.6 Å². The van der Waals surface area contributed by atoms with Gasteiger partial charge >= 0.3 is 6.18 Å². The highest BCUT2D eigenvalue weighted by atomic mass is 19.4. The lowest BCUT2D eigenvalue weighted by atomic mass is 9.99. The zero-order valence-electron chi connectivity index (χ0n) is 11.0. The number of carbonyl (C=O) groups is 1. The zero-order chi connectivity index (χ0) is 14.6. The van der Waals surface area contributed by atoms with Crippen molar-refractivity contribution in [2.75, 3.05) is 13.1 Å². The number of nitrogens with one attached hydrogen (secondary N) is 2. The van der Waals surface area contributed by atoms with Gasteiger partial charge in [-0.25, -0.2) is 0 Å². The van der Waals surface area contributed by atoms with Crippen LogP contribution in [0.5, 0.6) is 0 Å². The highest BCUT2D eigenvalue weighted by molar-refractivity contribution is 5.78. The molecule has 1 aliphatic heterocycles. The number of benzene rings is 1. The Morgan fingerprint density at radius 1 is 1.30 bits per heavy atom. The third-order valence-electron chi connectivity index (χ3n) is 3.42. The van der Waals surface area contributed by atoms with Crippen LogP contribution in [0.4, 0.5) is 13.2 Å². The number of rotatable bonds is 3. The van der Waals surface area contributed by atoms with E-state index in [0.29, 0.717) is 12.1 Å². The van der Waals surface area contributed by atoms with Crippen molar-refractivity contribution in [3.63, 3.8) is 0 Å². The van der Waals surface area contributed by atoms with Gasteiger partial charge in [-0.1, -0.05) is 12.1 Å². The molecule has 110 valence electrons. The van der Waals surface area contributed by atoms with Crippen molar-refractivity contribution in [3.8, 4) is 0 Å². The highest BCUT2D eigenvalue weighted by Gasteiger charge is 2.29. The van der Waals surface area contributed by atoms with Crippen LogP contribution in [0.1, 0.15) is 24.0 Å². The first-order chi connectivity index (χ1) is 9.47. The Balaban J connectivity index is 1.86. The van der Waals surface area contributed by atoms with E-state index in [2.05, 4.69) is 10.6 Å². The molecule has 0 spiro atoms. The van der Waals surface area contributed by atoms with E-state index in [-0.39, 0.29) is 18.4 Å². The van der Waals surface area contributed by atoms with Crippen LogP contribution < -0.4 is 10.6 Å². The molecule has 2 rings (SSSR count). The van der Waals surface area contributed by atoms with Crippen LogP contribution in [-0.2, 0) is 17.5 Å². The molecule has 3 nitrogen and oxygen atoms in total. The molecule has 1 aromatic rings. The van der Waals surface area contributed by atoms with Crippen molar-refractivity contribution in [1.29, 1.82) is 0 Å². The summed E-state index contributed by atoms with van der Waals surface area (Å²) in [6.07, 6.45) is -2.50. The van der Waals surface area contributed by atoms with E-state index in [1.807, 2.05) is 0 Å². The van der Waals surface area contributed by atoms with E-state index in [4.69, 9.17) is 0 Å². The summed E-state index contributed by atoms with van der Waals surface area (Å²) in [7, 11) is 0. The largest absolute Gasteiger partial charge is 0.416 e. The van der Waals surface area contributed by atoms with E-state index in [0.717, 1.165) is 31.5 Å². The van der Waals surface area contributed by atoms with Gasteiger partial charge in [-0.05, 0) is 37.1 Å². The zero-order valence-corrected chi connectivity index (χ0v) is 11.0. The smallest absolute Gasteiger partial charge is 0.352 e. The van der Waals surface area contributed by atoms with Crippen LogP contribution >= 0.6 is 0 Å². The Hall–Kier alpha value is -1.56. The fourth-order valence-corrected chi connectivity index (χ4v) is 2.22. The quantitative estimate of drug-likeness (QED) is 0.895. The predicted molar refractivity (Wildman–Crippen MR) is 68.9 cm³/mol. The molecule has 20 heavy (non-hydrogen) atoms. The molecule has 1 amide bonds. The normalized spacial score (nSPS) is 19.6. The van der Waals surface area contributed by atoms with Crippen molar-refractivity contribution in [1.82, 2.24) is 10.6 Å². The Kier molecular flexibility index (Phi) is 4.65. The van der Waals surface area contributed by atoms with E-state index >= 15 is 0 Å². The van der Waals surface area contributed by atoms with Gasteiger partial charge in [-0.3, -0.25) is 4.79 Å². The van der Waals surface area contributed by atoms with Gasteiger partial charge in [0, 0.05) is 13.1 Å². The molecule has 2 N–H and O–H groups in total. The molecule has 1 fully saturated rings. The molecule has 1 aromatic carbocycles. The van der Waals surface area contributed by atoms with Crippen LogP contribution in [-0.4, -0.2) is 19.0 Å². The molecule has 0 aromatic heterocycles. The SMILES string of the molecule is O=C(NCc1ccc(C(F)(F)F)cc1)C1CCCNC1. The van der Waals surface area contributed by atoms with Crippen LogP contribution in [0.3, 0.4) is 0 Å². The van der Waals surface area contributed by atoms with Crippen molar-refractivity contribution in [3.05, 3.63) is 35.4 Å². The third-order valence-corrected chi connectivity index (χ3v) is 3.42. The summed E-state index contributed by atoms with van der Waals surface area (Å²) in [5.74, 6) is -0.0877. The monoisotopic (exact) mass is 286 g/mol. The second kappa shape index (κ2) is 6.26. The van der Waals surface area contributed by atoms with E-state index in [1.165, 1.54) is 12.1 Å². The maximum atomic E-state index is 12.4. The average molecular weight is 286 g/mol. The summed E-state index contributed by atoms with van der Waals surface area (Å²) in [5.41, 5.74) is -0.0147. The molecule has 1 saturated heterocycles. The predicted octanol–water partition coefficient (Wildman–Crippen LogP) is 2.32. The summed E-state index contributed by atoms with van der Waals surface area (Å²) >= 11 is 0. The van der Waals surface area contributed by atoms with E-state index in [1.54, 1.807) is 0 Å². The van der Waals surface area contributed by atoms with Crippen LogP contribution in [0.25, 0.3) is 0 Å². The number of amides is 1. The number of carbonyl (C=O) groups excluding carboxylic acids is 1. The van der Waals surface area contributed by atoms with Crippen molar-refractivity contribution < 1.29 is 18.0 Å². The van der Waals surface area contributed by atoms with E-state index < -0.39 is 11.7 Å². The summed E-state index contributed by atoms with van der Waals surface area (Å²) < 4.78 is 37.2. The van der Waals surface area contributed by atoms with Crippen LogP contribution in [0.15, 0.2) is 24.3 Å². The number of alkyl halides is 3. The second-order valence-electron chi connectivity index (χ2n) is 4.96. The first-order valence-corrected chi connectivity index (χ1v) is 6.61. The van der Waals surface area contributed by atoms with Gasteiger partial charge in [-0.15, -0.1) is 0 Å². The molecule has 0 radical (unpaired) electrons. The molecule has 1 heterocycles. The van der Waals surface area contributed by atoms with E-state index in [9.17, 15) is 18.0 Å². The maximum Gasteiger partial charge on any atom is 0.416 e. The molecule has 1 aliphatic rings. The van der Waals surface area contributed by atoms with Gasteiger partial charge in [0.1, 0.15) is 0 Å². The molecular weight excluding hydrogens is 269 g/mol. The Morgan fingerprint density at radius 3 is 2.55 bits per heavy atom. The number of halogens is 3. The first kappa shape index (κ1) is 14.8. The maximum absolute atomic E-state index is 12.4. The second-order valence-corrected chi connectivity index (χ2v) is 4.96. The third kappa shape index (κ3) is 3.96. The van der Waals surface area contributed by atoms with Gasteiger partial charge in [0.15, 0.2) is 0 Å². The lowest BCUT2D eigenvalue weighted by Crippen LogP contribution is -2.40. The molecule has 6 heteroatoms. The topological polar surface area (TPSA) is 41.1 Å². The lowest BCUT2D eigenvalue weighted by molar-refractivity contribution is -0.137. The molecular formula is C14H17F3N2O. The van der Waals surface area contributed by atoms with Gasteiger partial charge in [0.25, 0.3) is 0 Å². The summed E-state index contributed by atoms with van der Waals surface area (Å²) in [4.78, 5) is 11.9. The van der Waals surface area contributed by atoms with Crippen molar-refractivity contribution in [2.24, 2.45) is 5.92 Å². The van der Waals surface area contributed by atoms with Gasteiger partial charge in [0.2, 0.25) is 5.91 Å². The minimum absolute atomic E-state index is 0.0433. The highest BCUT2D eigenvalue weighted by Crippen LogP contribution is 2.29. The fraction of sp³-hybridized carbons (Fsp3) is 0.500. The Morgan fingerprint density at radius 2 is 2.00 bits per heavy atom. The Bertz CT molecular complexity index is 450. The molecule has 0 bridgehead atoms. The van der Waals surface area contributed by atoms with Gasteiger partial charge in [0.05, 0.1) is 11.5 Å². The van der Waals surface area contributed by atoms with Gasteiger partial charge in [-0.2, -0.15) is 13.2 Å². The molecule has 0 aliphatic carbocycles. The van der Waals surface area contributed by atoms with Crippen LogP contribution in [0.2, 0.25) is 0 Å². The summed E-state index contributed by atoms with van der Waals surface area (Å²) in [6, 6.07) is 4.84. The van der Waals surface area contributed by atoms with Gasteiger partial charge < -0.3 is 10.6 Å². The standard InChI is InChI=1S/C14H17F3N2O/c15-14(16,17)12-5-3-10(4-6-12)8-19-13(20)11-2-1-7-18-9-11/h3-6,11,18H,1-2,7-9H2,(H,19,20). The molecule has 0 saturated carbocycles. The van der Waals surface area contributed by atoms with Crippen LogP contribution in [0, 0.1) is 5.92 Å². The summed E-state index contributed by atoms with van der Waals surface area (Å²) in [5, 5.41) is 5.92. The Labute approximate surface area is 115 Å². The number of hydrogen-bond donors (Lipinski definition) is 2. The summed E-state index contributed by atoms with van der Waals surface area (Å²) in [6.45, 7) is 1.86. The molecule has 1 atom stereocenters. The minimum atomic E-state index is -4.32. The first-order valence-electron chi connectivity index (χ1n) is 6.61. The molecule has 1 unspecified atom stereocenters. The minimum Gasteiger partial charge on any atom is -0.352 e. The average Bonchev–Trinajstić information content (AvgIpc) is 2.45.